The van der Waals surface area contributed by atoms with Crippen LogP contribution in [-0.2, 0) is 22.6 Å². The van der Waals surface area contributed by atoms with E-state index in [0.717, 1.165) is 28.9 Å². The van der Waals surface area contributed by atoms with Gasteiger partial charge in [0.2, 0.25) is 5.95 Å². The molecule has 2 aliphatic heterocycles. The van der Waals surface area contributed by atoms with Gasteiger partial charge in [0.1, 0.15) is 11.6 Å². The summed E-state index contributed by atoms with van der Waals surface area (Å²) in [6.45, 7) is 5.94. The molecule has 2 N–H and O–H groups in total. The molecule has 0 aliphatic carbocycles. The average molecular weight is 527 g/mol. The molecule has 2 aliphatic rings. The summed E-state index contributed by atoms with van der Waals surface area (Å²) in [5, 5.41) is 13.9. The van der Waals surface area contributed by atoms with E-state index in [1.165, 1.54) is 18.2 Å². The normalized spacial score (nSPS) is 19.2. The predicted molar refractivity (Wildman–Crippen MR) is 144 cm³/mol. The number of ether oxygens (including phenoxy) is 1. The number of fused-ring (bicyclic) bond motifs is 2. The van der Waals surface area contributed by atoms with Gasteiger partial charge in [0.05, 0.1) is 18.3 Å². The first-order chi connectivity index (χ1) is 18.9. The number of aromatic nitrogens is 5. The van der Waals surface area contributed by atoms with Crippen LogP contribution in [0.2, 0.25) is 0 Å². The average Bonchev–Trinajstić information content (AvgIpc) is 3.57. The predicted octanol–water partition coefficient (Wildman–Crippen LogP) is 3.27. The molecule has 1 fully saturated rings. The number of amides is 1. The Morgan fingerprint density at radius 1 is 1.10 bits per heavy atom. The highest BCUT2D eigenvalue weighted by molar-refractivity contribution is 5.99. The number of nitrogens with zero attached hydrogens (tertiary/aromatic N) is 6. The standard InChI is InChI=1S/C28H30N8O3/c1-16-8-17(2)10-20(9-16)30-28-29-13-19-14-35(15-24(19)31-28)21-6-7-36(25(12-21)27(38)39-3)26(37)18-4-5-22-23(11-18)33-34-32-22/h4-5,8-11,13,21,25H,6-7,12,14-15H2,1-3H3,(H,29,30,31)(H,32,33,34)/t21-,25+/m1/s1. The van der Waals surface area contributed by atoms with Crippen molar-refractivity contribution in [3.8, 4) is 0 Å². The number of aromatic amines is 1. The van der Waals surface area contributed by atoms with Crippen LogP contribution >= 0.6 is 0 Å². The summed E-state index contributed by atoms with van der Waals surface area (Å²) in [6, 6.07) is 10.9. The van der Waals surface area contributed by atoms with Crippen molar-refractivity contribution in [2.24, 2.45) is 0 Å². The maximum Gasteiger partial charge on any atom is 0.328 e. The van der Waals surface area contributed by atoms with Gasteiger partial charge in [0.25, 0.3) is 5.91 Å². The summed E-state index contributed by atoms with van der Waals surface area (Å²) in [5.74, 6) is -0.0593. The van der Waals surface area contributed by atoms with Crippen molar-refractivity contribution in [2.75, 3.05) is 19.0 Å². The molecule has 4 heterocycles. The Kier molecular flexibility index (Phi) is 6.43. The molecule has 2 aromatic heterocycles. The zero-order valence-electron chi connectivity index (χ0n) is 22.1. The molecule has 0 radical (unpaired) electrons. The quantitative estimate of drug-likeness (QED) is 0.376. The van der Waals surface area contributed by atoms with E-state index in [2.05, 4.69) is 62.7 Å². The Hall–Kier alpha value is -4.38. The third-order valence-corrected chi connectivity index (χ3v) is 7.56. The Bertz CT molecular complexity index is 1550. The molecular formula is C28H30N8O3. The first-order valence-electron chi connectivity index (χ1n) is 13.0. The Labute approximate surface area is 225 Å². The monoisotopic (exact) mass is 526 g/mol. The number of benzene rings is 2. The number of nitrogens with one attached hydrogen (secondary N) is 2. The molecule has 2 aromatic carbocycles. The number of carbonyl (C=O) groups is 2. The third-order valence-electron chi connectivity index (χ3n) is 7.56. The first kappa shape index (κ1) is 24.9. The van der Waals surface area contributed by atoms with E-state index in [1.807, 2.05) is 6.20 Å². The van der Waals surface area contributed by atoms with Gasteiger partial charge in [-0.2, -0.15) is 0 Å². The van der Waals surface area contributed by atoms with Gasteiger partial charge in [0, 0.05) is 48.7 Å². The van der Waals surface area contributed by atoms with Gasteiger partial charge in [-0.05, 0) is 68.1 Å². The number of piperidine rings is 1. The number of hydrogen-bond acceptors (Lipinski definition) is 9. The van der Waals surface area contributed by atoms with Gasteiger partial charge in [-0.15, -0.1) is 5.10 Å². The van der Waals surface area contributed by atoms with Crippen LogP contribution in [-0.4, -0.2) is 72.8 Å². The van der Waals surface area contributed by atoms with Crippen LogP contribution in [0.5, 0.6) is 0 Å². The minimum atomic E-state index is -0.675. The second-order valence-corrected chi connectivity index (χ2v) is 10.3. The van der Waals surface area contributed by atoms with Crippen molar-refractivity contribution in [3.05, 3.63) is 70.5 Å². The van der Waals surface area contributed by atoms with Gasteiger partial charge >= 0.3 is 5.97 Å². The lowest BCUT2D eigenvalue weighted by atomic mass is 9.94. The fourth-order valence-electron chi connectivity index (χ4n) is 5.69. The number of esters is 1. The summed E-state index contributed by atoms with van der Waals surface area (Å²) in [5.41, 5.74) is 7.19. The van der Waals surface area contributed by atoms with Gasteiger partial charge in [-0.1, -0.05) is 11.3 Å². The fraction of sp³-hybridized carbons (Fsp3) is 0.357. The maximum atomic E-state index is 13.5. The number of rotatable bonds is 5. The zero-order chi connectivity index (χ0) is 27.1. The van der Waals surface area contributed by atoms with E-state index < -0.39 is 12.0 Å². The fourth-order valence-corrected chi connectivity index (χ4v) is 5.69. The lowest BCUT2D eigenvalue weighted by Crippen LogP contribution is -2.54. The van der Waals surface area contributed by atoms with Gasteiger partial charge in [-0.25, -0.2) is 14.8 Å². The first-order valence-corrected chi connectivity index (χ1v) is 13.0. The molecule has 1 amide bonds. The van der Waals surface area contributed by atoms with E-state index in [1.54, 1.807) is 23.1 Å². The topological polar surface area (TPSA) is 129 Å². The Morgan fingerprint density at radius 3 is 2.72 bits per heavy atom. The molecule has 2 atom stereocenters. The number of anilines is 2. The molecule has 0 bridgehead atoms. The summed E-state index contributed by atoms with van der Waals surface area (Å²) < 4.78 is 5.12. The molecule has 0 unspecified atom stereocenters. The van der Waals surface area contributed by atoms with Crippen molar-refractivity contribution in [1.82, 2.24) is 35.2 Å². The van der Waals surface area contributed by atoms with E-state index >= 15 is 0 Å². The number of aryl methyl sites for hydroxylation is 2. The highest BCUT2D eigenvalue weighted by atomic mass is 16.5. The minimum Gasteiger partial charge on any atom is -0.467 e. The molecule has 11 nitrogen and oxygen atoms in total. The SMILES string of the molecule is COC(=O)[C@@H]1C[C@H](N2Cc3cnc(Nc4cc(C)cc(C)c4)nc3C2)CCN1C(=O)c1ccc2[nH]nnc2c1. The molecule has 0 saturated carbocycles. The van der Waals surface area contributed by atoms with Crippen molar-refractivity contribution in [3.63, 3.8) is 0 Å². The van der Waals surface area contributed by atoms with Gasteiger partial charge < -0.3 is 15.0 Å². The van der Waals surface area contributed by atoms with E-state index in [-0.39, 0.29) is 11.9 Å². The number of methoxy groups -OCH3 is 1. The smallest absolute Gasteiger partial charge is 0.328 e. The van der Waals surface area contributed by atoms with Crippen LogP contribution in [0.4, 0.5) is 11.6 Å². The van der Waals surface area contributed by atoms with Crippen LogP contribution < -0.4 is 5.32 Å². The summed E-state index contributed by atoms with van der Waals surface area (Å²) in [6.07, 6.45) is 3.10. The highest BCUT2D eigenvalue weighted by Crippen LogP contribution is 2.31. The molecule has 0 spiro atoms. The second-order valence-electron chi connectivity index (χ2n) is 10.3. The van der Waals surface area contributed by atoms with Crippen molar-refractivity contribution in [1.29, 1.82) is 0 Å². The maximum absolute atomic E-state index is 13.5. The largest absolute Gasteiger partial charge is 0.467 e. The van der Waals surface area contributed by atoms with Crippen LogP contribution in [0, 0.1) is 13.8 Å². The molecule has 6 rings (SSSR count). The summed E-state index contributed by atoms with van der Waals surface area (Å²) in [4.78, 5) is 39.6. The van der Waals surface area contributed by atoms with E-state index in [4.69, 9.17) is 9.72 Å². The lowest BCUT2D eigenvalue weighted by Gasteiger charge is -2.41. The lowest BCUT2D eigenvalue weighted by molar-refractivity contribution is -0.148. The van der Waals surface area contributed by atoms with Crippen LogP contribution in [0.3, 0.4) is 0 Å². The Balaban J connectivity index is 1.16. The number of H-pyrrole nitrogens is 1. The molecule has 11 heteroatoms. The van der Waals surface area contributed by atoms with Crippen LogP contribution in [0.15, 0.2) is 42.6 Å². The van der Waals surface area contributed by atoms with E-state index in [9.17, 15) is 9.59 Å². The molecule has 1 saturated heterocycles. The van der Waals surface area contributed by atoms with E-state index in [0.29, 0.717) is 43.1 Å². The van der Waals surface area contributed by atoms with Crippen LogP contribution in [0.25, 0.3) is 11.0 Å². The molecule has 200 valence electrons. The van der Waals surface area contributed by atoms with Crippen molar-refractivity contribution >= 4 is 34.5 Å². The third kappa shape index (κ3) is 4.92. The van der Waals surface area contributed by atoms with Gasteiger partial charge in [-0.3, -0.25) is 14.8 Å². The van der Waals surface area contributed by atoms with Crippen molar-refractivity contribution < 1.29 is 14.3 Å². The van der Waals surface area contributed by atoms with Crippen molar-refractivity contribution in [2.45, 2.75) is 51.9 Å². The molecule has 4 aromatic rings. The number of likely N-dealkylation sites (tertiary alicyclic amines) is 1. The summed E-state index contributed by atoms with van der Waals surface area (Å²) in [7, 11) is 1.36. The second kappa shape index (κ2) is 10.1. The zero-order valence-corrected chi connectivity index (χ0v) is 22.1. The highest BCUT2D eigenvalue weighted by Gasteiger charge is 2.40. The number of hydrogen-bond donors (Lipinski definition) is 2. The molecular weight excluding hydrogens is 496 g/mol. The van der Waals surface area contributed by atoms with Gasteiger partial charge in [0.15, 0.2) is 0 Å². The summed E-state index contributed by atoms with van der Waals surface area (Å²) >= 11 is 0. The minimum absolute atomic E-state index is 0.0983. The Morgan fingerprint density at radius 2 is 1.92 bits per heavy atom. The van der Waals surface area contributed by atoms with Crippen LogP contribution in [0.1, 0.15) is 45.6 Å². The molecule has 39 heavy (non-hydrogen) atoms. The number of carbonyl (C=O) groups excluding carboxylic acids is 2.